The van der Waals surface area contributed by atoms with Crippen molar-refractivity contribution in [3.63, 3.8) is 0 Å². The molecule has 0 N–H and O–H groups in total. The lowest BCUT2D eigenvalue weighted by molar-refractivity contribution is 0.310. The number of methoxy groups -OCH3 is 1. The maximum atomic E-state index is 6.06. The van der Waals surface area contributed by atoms with Gasteiger partial charge in [-0.05, 0) is 36.8 Å². The van der Waals surface area contributed by atoms with Crippen molar-refractivity contribution in [2.45, 2.75) is 19.8 Å². The standard InChI is InChI=1S/C26H26N2O2/c1-3-4-18-30-25-16-10-8-14-21(25)22-19-24(20-12-6-5-7-13-20)28(27-22)23-15-9-11-17-26(23)29-2/h5-17,19H,3-4,18H2,1-2H3. The Labute approximate surface area is 177 Å². The molecule has 3 aromatic carbocycles. The molecular formula is C26H26N2O2. The van der Waals surface area contributed by atoms with Crippen LogP contribution < -0.4 is 9.47 Å². The maximum Gasteiger partial charge on any atom is 0.144 e. The molecule has 152 valence electrons. The molecular weight excluding hydrogens is 372 g/mol. The highest BCUT2D eigenvalue weighted by molar-refractivity contribution is 5.74. The monoisotopic (exact) mass is 398 g/mol. The number of rotatable bonds is 8. The van der Waals surface area contributed by atoms with Gasteiger partial charge in [-0.15, -0.1) is 0 Å². The zero-order valence-electron chi connectivity index (χ0n) is 17.4. The first-order valence-electron chi connectivity index (χ1n) is 10.3. The highest BCUT2D eigenvalue weighted by atomic mass is 16.5. The minimum Gasteiger partial charge on any atom is -0.494 e. The van der Waals surface area contributed by atoms with Crippen molar-refractivity contribution in [3.8, 4) is 39.7 Å². The van der Waals surface area contributed by atoms with Crippen molar-refractivity contribution < 1.29 is 9.47 Å². The summed E-state index contributed by atoms with van der Waals surface area (Å²) >= 11 is 0. The fourth-order valence-electron chi connectivity index (χ4n) is 3.45. The Morgan fingerprint density at radius 3 is 2.30 bits per heavy atom. The third kappa shape index (κ3) is 4.08. The highest BCUT2D eigenvalue weighted by Gasteiger charge is 2.17. The SMILES string of the molecule is CCCCOc1ccccc1-c1cc(-c2ccccc2)n(-c2ccccc2OC)n1. The molecule has 0 bridgehead atoms. The Morgan fingerprint density at radius 2 is 1.53 bits per heavy atom. The number of unbranched alkanes of at least 4 members (excludes halogenated alkanes) is 1. The molecule has 4 aromatic rings. The fourth-order valence-corrected chi connectivity index (χ4v) is 3.45. The molecule has 30 heavy (non-hydrogen) atoms. The summed E-state index contributed by atoms with van der Waals surface area (Å²) in [5.74, 6) is 1.63. The zero-order chi connectivity index (χ0) is 20.8. The Kier molecular flexibility index (Phi) is 6.14. The summed E-state index contributed by atoms with van der Waals surface area (Å²) in [5, 5.41) is 4.98. The lowest BCUT2D eigenvalue weighted by Gasteiger charge is -2.12. The summed E-state index contributed by atoms with van der Waals surface area (Å²) in [6, 6.07) is 28.4. The van der Waals surface area contributed by atoms with E-state index in [0.717, 1.165) is 52.5 Å². The number of nitrogens with zero attached hydrogens (tertiary/aromatic N) is 2. The van der Waals surface area contributed by atoms with Crippen molar-refractivity contribution in [1.29, 1.82) is 0 Å². The molecule has 0 saturated carbocycles. The highest BCUT2D eigenvalue weighted by Crippen LogP contribution is 2.35. The van der Waals surface area contributed by atoms with E-state index in [1.165, 1.54) is 0 Å². The van der Waals surface area contributed by atoms with Crippen LogP contribution in [0.1, 0.15) is 19.8 Å². The van der Waals surface area contributed by atoms with Crippen LogP contribution in [0.3, 0.4) is 0 Å². The number of hydrogen-bond donors (Lipinski definition) is 0. The molecule has 0 fully saturated rings. The first kappa shape index (κ1) is 19.8. The molecule has 4 nitrogen and oxygen atoms in total. The lowest BCUT2D eigenvalue weighted by Crippen LogP contribution is -2.02. The van der Waals surface area contributed by atoms with E-state index in [1.807, 2.05) is 65.3 Å². The van der Waals surface area contributed by atoms with Gasteiger partial charge in [-0.3, -0.25) is 0 Å². The second-order valence-corrected chi connectivity index (χ2v) is 7.06. The van der Waals surface area contributed by atoms with E-state index in [2.05, 4.69) is 31.2 Å². The Morgan fingerprint density at radius 1 is 0.833 bits per heavy atom. The Hall–Kier alpha value is -3.53. The van der Waals surface area contributed by atoms with E-state index < -0.39 is 0 Å². The average molecular weight is 399 g/mol. The second kappa shape index (κ2) is 9.31. The molecule has 0 saturated heterocycles. The van der Waals surface area contributed by atoms with Crippen LogP contribution in [-0.2, 0) is 0 Å². The van der Waals surface area contributed by atoms with Gasteiger partial charge in [0.15, 0.2) is 0 Å². The van der Waals surface area contributed by atoms with Crippen molar-refractivity contribution in [3.05, 3.63) is 84.9 Å². The number of benzene rings is 3. The quantitative estimate of drug-likeness (QED) is 0.323. The summed E-state index contributed by atoms with van der Waals surface area (Å²) < 4.78 is 13.6. The largest absolute Gasteiger partial charge is 0.494 e. The lowest BCUT2D eigenvalue weighted by atomic mass is 10.1. The van der Waals surface area contributed by atoms with Crippen molar-refractivity contribution in [2.75, 3.05) is 13.7 Å². The van der Waals surface area contributed by atoms with E-state index in [9.17, 15) is 0 Å². The minimum absolute atomic E-state index is 0.701. The van der Waals surface area contributed by atoms with Crippen molar-refractivity contribution in [1.82, 2.24) is 9.78 Å². The number of para-hydroxylation sites is 3. The van der Waals surface area contributed by atoms with Crippen LogP contribution in [0, 0.1) is 0 Å². The molecule has 4 rings (SSSR count). The van der Waals surface area contributed by atoms with Crippen LogP contribution >= 0.6 is 0 Å². The smallest absolute Gasteiger partial charge is 0.144 e. The molecule has 0 atom stereocenters. The van der Waals surface area contributed by atoms with Crippen LogP contribution in [0.4, 0.5) is 0 Å². The van der Waals surface area contributed by atoms with Crippen LogP contribution in [0.2, 0.25) is 0 Å². The molecule has 0 aliphatic rings. The van der Waals surface area contributed by atoms with Crippen LogP contribution in [-0.4, -0.2) is 23.5 Å². The van der Waals surface area contributed by atoms with Gasteiger partial charge in [0.05, 0.1) is 25.1 Å². The summed E-state index contributed by atoms with van der Waals surface area (Å²) in [7, 11) is 1.68. The fraction of sp³-hybridized carbons (Fsp3) is 0.192. The minimum atomic E-state index is 0.701. The number of hydrogen-bond acceptors (Lipinski definition) is 3. The predicted molar refractivity (Wildman–Crippen MR) is 121 cm³/mol. The van der Waals surface area contributed by atoms with Crippen LogP contribution in [0.5, 0.6) is 11.5 Å². The van der Waals surface area contributed by atoms with Gasteiger partial charge in [0.25, 0.3) is 0 Å². The molecule has 1 heterocycles. The third-order valence-electron chi connectivity index (χ3n) is 5.01. The molecule has 0 spiro atoms. The first-order chi connectivity index (χ1) is 14.8. The van der Waals surface area contributed by atoms with Gasteiger partial charge >= 0.3 is 0 Å². The molecule has 0 aliphatic heterocycles. The molecule has 0 aliphatic carbocycles. The molecule has 0 radical (unpaired) electrons. The molecule has 0 unspecified atom stereocenters. The van der Waals surface area contributed by atoms with Crippen molar-refractivity contribution in [2.24, 2.45) is 0 Å². The van der Waals surface area contributed by atoms with E-state index in [-0.39, 0.29) is 0 Å². The maximum absolute atomic E-state index is 6.06. The number of aromatic nitrogens is 2. The van der Waals surface area contributed by atoms with Crippen molar-refractivity contribution >= 4 is 0 Å². The Balaban J connectivity index is 1.85. The van der Waals surface area contributed by atoms with Crippen LogP contribution in [0.25, 0.3) is 28.2 Å². The summed E-state index contributed by atoms with van der Waals surface area (Å²) in [4.78, 5) is 0. The van der Waals surface area contributed by atoms with Gasteiger partial charge in [-0.2, -0.15) is 5.10 Å². The van der Waals surface area contributed by atoms with E-state index in [0.29, 0.717) is 6.61 Å². The van der Waals surface area contributed by atoms with Gasteiger partial charge in [0.1, 0.15) is 17.2 Å². The topological polar surface area (TPSA) is 36.3 Å². The average Bonchev–Trinajstić information content (AvgIpc) is 3.25. The van der Waals surface area contributed by atoms with Gasteiger partial charge in [0, 0.05) is 11.1 Å². The predicted octanol–water partition coefficient (Wildman–Crippen LogP) is 6.39. The van der Waals surface area contributed by atoms with E-state index in [4.69, 9.17) is 14.6 Å². The third-order valence-corrected chi connectivity index (χ3v) is 5.01. The first-order valence-corrected chi connectivity index (χ1v) is 10.3. The summed E-state index contributed by atoms with van der Waals surface area (Å²) in [6.07, 6.45) is 2.13. The van der Waals surface area contributed by atoms with E-state index >= 15 is 0 Å². The summed E-state index contributed by atoms with van der Waals surface area (Å²) in [6.45, 7) is 2.86. The summed E-state index contributed by atoms with van der Waals surface area (Å²) in [5.41, 5.74) is 4.84. The molecule has 4 heteroatoms. The van der Waals surface area contributed by atoms with Crippen LogP contribution in [0.15, 0.2) is 84.9 Å². The molecule has 1 aromatic heterocycles. The normalized spacial score (nSPS) is 10.7. The van der Waals surface area contributed by atoms with Gasteiger partial charge < -0.3 is 9.47 Å². The van der Waals surface area contributed by atoms with E-state index in [1.54, 1.807) is 7.11 Å². The second-order valence-electron chi connectivity index (χ2n) is 7.06. The Bertz CT molecular complexity index is 1100. The van der Waals surface area contributed by atoms with Gasteiger partial charge in [0.2, 0.25) is 0 Å². The van der Waals surface area contributed by atoms with Gasteiger partial charge in [-0.25, -0.2) is 4.68 Å². The molecule has 0 amide bonds. The van der Waals surface area contributed by atoms with Gasteiger partial charge in [-0.1, -0.05) is 67.9 Å². The number of ether oxygens (including phenoxy) is 2. The zero-order valence-corrected chi connectivity index (χ0v) is 17.4.